The summed E-state index contributed by atoms with van der Waals surface area (Å²) in [7, 11) is 0. The smallest absolute Gasteiger partial charge is 0.253 e. The van der Waals surface area contributed by atoms with E-state index in [4.69, 9.17) is 0 Å². The number of H-pyrrole nitrogens is 1. The Morgan fingerprint density at radius 1 is 1.44 bits per heavy atom. The zero-order chi connectivity index (χ0) is 17.9. The summed E-state index contributed by atoms with van der Waals surface area (Å²) in [4.78, 5) is 22.4. The zero-order valence-corrected chi connectivity index (χ0v) is 15.0. The minimum Gasteiger partial charge on any atom is -0.390 e. The van der Waals surface area contributed by atoms with Crippen molar-refractivity contribution in [3.8, 4) is 0 Å². The van der Waals surface area contributed by atoms with E-state index in [0.29, 0.717) is 13.0 Å². The number of hydrogen-bond donors (Lipinski definition) is 2. The number of amides is 1. The minimum atomic E-state index is -0.691. The molecule has 1 atom stereocenters. The average Bonchev–Trinajstić information content (AvgIpc) is 3.14. The second-order valence-corrected chi connectivity index (χ2v) is 7.58. The highest BCUT2D eigenvalue weighted by Crippen LogP contribution is 2.25. The van der Waals surface area contributed by atoms with Crippen LogP contribution in [0, 0.1) is 0 Å². The van der Waals surface area contributed by atoms with Crippen LogP contribution in [0.4, 0.5) is 0 Å². The number of nitrogens with one attached hydrogen (secondary N) is 1. The predicted octanol–water partition coefficient (Wildman–Crippen LogP) is 3.13. The molecule has 1 aliphatic rings. The van der Waals surface area contributed by atoms with Crippen LogP contribution in [0.1, 0.15) is 60.8 Å². The normalized spacial score (nSPS) is 18.4. The van der Waals surface area contributed by atoms with Gasteiger partial charge in [0.05, 0.1) is 5.60 Å². The van der Waals surface area contributed by atoms with E-state index in [9.17, 15) is 9.90 Å². The van der Waals surface area contributed by atoms with Gasteiger partial charge in [0.1, 0.15) is 5.82 Å². The Morgan fingerprint density at radius 2 is 2.28 bits per heavy atom. The van der Waals surface area contributed by atoms with Gasteiger partial charge in [-0.05, 0) is 57.2 Å². The second-order valence-electron chi connectivity index (χ2n) is 7.58. The third-order valence-electron chi connectivity index (χ3n) is 4.81. The number of carbonyl (C=O) groups excluding carboxylic acids is 1. The molecular weight excluding hydrogens is 314 g/mol. The lowest BCUT2D eigenvalue weighted by Gasteiger charge is -2.32. The molecule has 2 aromatic rings. The van der Waals surface area contributed by atoms with Crippen LogP contribution in [0.5, 0.6) is 0 Å². The lowest BCUT2D eigenvalue weighted by Crippen LogP contribution is -2.39. The summed E-state index contributed by atoms with van der Waals surface area (Å²) in [5.41, 5.74) is 1.13. The van der Waals surface area contributed by atoms with E-state index < -0.39 is 5.60 Å². The number of carbonyl (C=O) groups is 1. The molecule has 5 heteroatoms. The predicted molar refractivity (Wildman–Crippen MR) is 97.5 cm³/mol. The standard InChI is InChI=1S/C20H27N3O2/c1-20(2,25)9-8-15-5-3-6-16(13-15)19(24)23-12-4-7-17(14-23)18-21-10-11-22-18/h3,5-6,10-11,13,17,25H,4,7-9,12,14H2,1-2H3,(H,21,22)/t17-/m1/s1. The Labute approximate surface area is 149 Å². The van der Waals surface area contributed by atoms with Crippen LogP contribution in [0.2, 0.25) is 0 Å². The van der Waals surface area contributed by atoms with E-state index in [1.54, 1.807) is 6.20 Å². The van der Waals surface area contributed by atoms with Crippen LogP contribution in [-0.2, 0) is 6.42 Å². The van der Waals surface area contributed by atoms with Crippen molar-refractivity contribution in [2.45, 2.75) is 51.0 Å². The molecule has 0 radical (unpaired) electrons. The number of benzene rings is 1. The maximum absolute atomic E-state index is 12.9. The number of aliphatic hydroxyl groups is 1. The van der Waals surface area contributed by atoms with Crippen molar-refractivity contribution in [1.29, 1.82) is 0 Å². The quantitative estimate of drug-likeness (QED) is 0.878. The highest BCUT2D eigenvalue weighted by Gasteiger charge is 2.26. The number of aromatic amines is 1. The van der Waals surface area contributed by atoms with Gasteiger partial charge in [-0.1, -0.05) is 12.1 Å². The first-order valence-electron chi connectivity index (χ1n) is 9.02. The molecule has 1 aromatic carbocycles. The van der Waals surface area contributed by atoms with E-state index in [1.165, 1.54) is 0 Å². The van der Waals surface area contributed by atoms with Crippen LogP contribution in [0.3, 0.4) is 0 Å². The fraction of sp³-hybridized carbons (Fsp3) is 0.500. The molecule has 0 bridgehead atoms. The van der Waals surface area contributed by atoms with E-state index in [2.05, 4.69) is 9.97 Å². The third kappa shape index (κ3) is 4.69. The van der Waals surface area contributed by atoms with Crippen LogP contribution in [0.25, 0.3) is 0 Å². The van der Waals surface area contributed by atoms with E-state index in [0.717, 1.165) is 42.8 Å². The topological polar surface area (TPSA) is 69.2 Å². The first-order valence-corrected chi connectivity index (χ1v) is 9.02. The molecule has 134 valence electrons. The molecule has 1 aromatic heterocycles. The van der Waals surface area contributed by atoms with E-state index >= 15 is 0 Å². The summed E-state index contributed by atoms with van der Waals surface area (Å²) < 4.78 is 0. The third-order valence-corrected chi connectivity index (χ3v) is 4.81. The van der Waals surface area contributed by atoms with Gasteiger partial charge < -0.3 is 15.0 Å². The molecule has 0 unspecified atom stereocenters. The number of imidazole rings is 1. The fourth-order valence-electron chi connectivity index (χ4n) is 3.38. The number of nitrogens with zero attached hydrogens (tertiary/aromatic N) is 2. The molecule has 1 saturated heterocycles. The van der Waals surface area contributed by atoms with Crippen molar-refractivity contribution in [3.63, 3.8) is 0 Å². The van der Waals surface area contributed by atoms with E-state index in [1.807, 2.05) is 49.2 Å². The average molecular weight is 341 g/mol. The zero-order valence-electron chi connectivity index (χ0n) is 15.0. The molecule has 0 saturated carbocycles. The molecule has 1 amide bonds. The molecule has 5 nitrogen and oxygen atoms in total. The number of piperidine rings is 1. The fourth-order valence-corrected chi connectivity index (χ4v) is 3.38. The van der Waals surface area contributed by atoms with Crippen molar-refractivity contribution in [1.82, 2.24) is 14.9 Å². The summed E-state index contributed by atoms with van der Waals surface area (Å²) in [6.07, 6.45) is 7.09. The number of hydrogen-bond acceptors (Lipinski definition) is 3. The van der Waals surface area contributed by atoms with Gasteiger partial charge in [-0.25, -0.2) is 4.98 Å². The minimum absolute atomic E-state index is 0.0846. The molecule has 1 aliphatic heterocycles. The molecule has 0 spiro atoms. The molecule has 1 fully saturated rings. The number of likely N-dealkylation sites (tertiary alicyclic amines) is 1. The summed E-state index contributed by atoms with van der Waals surface area (Å²) >= 11 is 0. The van der Waals surface area contributed by atoms with Crippen molar-refractivity contribution in [2.24, 2.45) is 0 Å². The summed E-state index contributed by atoms with van der Waals surface area (Å²) in [5, 5.41) is 9.90. The van der Waals surface area contributed by atoms with Gasteiger partial charge in [0, 0.05) is 37.0 Å². The largest absolute Gasteiger partial charge is 0.390 e. The van der Waals surface area contributed by atoms with Gasteiger partial charge in [-0.15, -0.1) is 0 Å². The summed E-state index contributed by atoms with van der Waals surface area (Å²) in [6, 6.07) is 7.79. The summed E-state index contributed by atoms with van der Waals surface area (Å²) in [5.74, 6) is 1.34. The van der Waals surface area contributed by atoms with Crippen LogP contribution < -0.4 is 0 Å². The highest BCUT2D eigenvalue weighted by atomic mass is 16.3. The molecule has 3 rings (SSSR count). The van der Waals surface area contributed by atoms with Crippen molar-refractivity contribution < 1.29 is 9.90 Å². The summed E-state index contributed by atoms with van der Waals surface area (Å²) in [6.45, 7) is 5.12. The monoisotopic (exact) mass is 341 g/mol. The van der Waals surface area contributed by atoms with Gasteiger partial charge >= 0.3 is 0 Å². The molecule has 0 aliphatic carbocycles. The van der Waals surface area contributed by atoms with Crippen LogP contribution in [-0.4, -0.2) is 44.6 Å². The van der Waals surface area contributed by atoms with Gasteiger partial charge in [0.15, 0.2) is 0 Å². The van der Waals surface area contributed by atoms with Gasteiger partial charge in [0.25, 0.3) is 5.91 Å². The lowest BCUT2D eigenvalue weighted by atomic mass is 9.95. The van der Waals surface area contributed by atoms with Crippen LogP contribution >= 0.6 is 0 Å². The maximum atomic E-state index is 12.9. The van der Waals surface area contributed by atoms with Gasteiger partial charge in [0.2, 0.25) is 0 Å². The van der Waals surface area contributed by atoms with Gasteiger partial charge in [-0.3, -0.25) is 4.79 Å². The van der Waals surface area contributed by atoms with Gasteiger partial charge in [-0.2, -0.15) is 0 Å². The Morgan fingerprint density at radius 3 is 3.00 bits per heavy atom. The second kappa shape index (κ2) is 7.40. The lowest BCUT2D eigenvalue weighted by molar-refractivity contribution is 0.0704. The Balaban J connectivity index is 1.68. The highest BCUT2D eigenvalue weighted by molar-refractivity contribution is 5.94. The Kier molecular flexibility index (Phi) is 5.23. The van der Waals surface area contributed by atoms with Crippen molar-refractivity contribution in [2.75, 3.05) is 13.1 Å². The maximum Gasteiger partial charge on any atom is 0.253 e. The number of rotatable bonds is 5. The van der Waals surface area contributed by atoms with E-state index in [-0.39, 0.29) is 11.8 Å². The Bertz CT molecular complexity index is 704. The number of aromatic nitrogens is 2. The number of aryl methyl sites for hydroxylation is 1. The first-order chi connectivity index (χ1) is 11.9. The molecule has 2 N–H and O–H groups in total. The molecular formula is C20H27N3O2. The van der Waals surface area contributed by atoms with Crippen molar-refractivity contribution in [3.05, 3.63) is 53.6 Å². The SMILES string of the molecule is CC(C)(O)CCc1cccc(C(=O)N2CCC[C@@H](c3ncc[nH]3)C2)c1. The van der Waals surface area contributed by atoms with Crippen molar-refractivity contribution >= 4 is 5.91 Å². The molecule has 2 heterocycles. The molecule has 25 heavy (non-hydrogen) atoms. The van der Waals surface area contributed by atoms with Crippen LogP contribution in [0.15, 0.2) is 36.7 Å². The Hall–Kier alpha value is -2.14. The first kappa shape index (κ1) is 17.7.